The third-order valence-electron chi connectivity index (χ3n) is 5.40. The number of ether oxygens (including phenoxy) is 2. The van der Waals surface area contributed by atoms with Crippen molar-refractivity contribution in [2.24, 2.45) is 5.92 Å². The van der Waals surface area contributed by atoms with Crippen molar-refractivity contribution < 1.29 is 37.3 Å². The second kappa shape index (κ2) is 10.9. The quantitative estimate of drug-likeness (QED) is 0.460. The standard InChI is InChI=1S/C22H25F3N4O6/c1-12(9-27-20(32)22(23,24)25)7-14-10-29(21(33)28-18(14)26)17-8-15(30)16(35-17)11-34-19(31)13-5-3-2-4-6-13/h2-6,10,12,15-17,30H,7-9,11H2,1H3,(H,27,32)(H2,26,28,33)/t12?,15-,16+,17+/m0/s1. The lowest BCUT2D eigenvalue weighted by atomic mass is 10.0. The molecular formula is C22H25F3N4O6. The van der Waals surface area contributed by atoms with Crippen LogP contribution in [0.15, 0.2) is 41.3 Å². The molecule has 1 aliphatic heterocycles. The fourth-order valence-corrected chi connectivity index (χ4v) is 3.55. The zero-order valence-electron chi connectivity index (χ0n) is 18.7. The average molecular weight is 498 g/mol. The number of nitrogens with two attached hydrogens (primary N) is 1. The van der Waals surface area contributed by atoms with Gasteiger partial charge in [0.25, 0.3) is 0 Å². The molecule has 2 aromatic rings. The fourth-order valence-electron chi connectivity index (χ4n) is 3.55. The smallest absolute Gasteiger partial charge is 0.459 e. The van der Waals surface area contributed by atoms with Crippen LogP contribution in [0, 0.1) is 5.92 Å². The minimum absolute atomic E-state index is 0.00962. The van der Waals surface area contributed by atoms with Gasteiger partial charge in [-0.2, -0.15) is 18.2 Å². The molecule has 0 saturated carbocycles. The molecule has 1 amide bonds. The van der Waals surface area contributed by atoms with Crippen LogP contribution in [0.4, 0.5) is 19.0 Å². The van der Waals surface area contributed by atoms with Crippen LogP contribution in [-0.2, 0) is 20.7 Å². The normalized spacial score (nSPS) is 20.9. The van der Waals surface area contributed by atoms with Gasteiger partial charge in [-0.25, -0.2) is 9.59 Å². The Morgan fingerprint density at radius 3 is 2.69 bits per heavy atom. The molecule has 1 saturated heterocycles. The average Bonchev–Trinajstić information content (AvgIpc) is 3.17. The lowest BCUT2D eigenvalue weighted by Gasteiger charge is -2.19. The zero-order valence-corrected chi connectivity index (χ0v) is 18.7. The highest BCUT2D eigenvalue weighted by Gasteiger charge is 2.39. The van der Waals surface area contributed by atoms with Gasteiger partial charge in [0, 0.05) is 24.7 Å². The first-order valence-electron chi connectivity index (χ1n) is 10.7. The predicted octanol–water partition coefficient (Wildman–Crippen LogP) is 1.19. The number of carbonyl (C=O) groups excluding carboxylic acids is 2. The molecule has 3 rings (SSSR count). The Kier molecular flexibility index (Phi) is 8.12. The molecule has 1 fully saturated rings. The van der Waals surface area contributed by atoms with Gasteiger partial charge in [-0.15, -0.1) is 0 Å². The van der Waals surface area contributed by atoms with Crippen LogP contribution >= 0.6 is 0 Å². The van der Waals surface area contributed by atoms with E-state index >= 15 is 0 Å². The van der Waals surface area contributed by atoms with Crippen molar-refractivity contribution in [2.75, 3.05) is 18.9 Å². The van der Waals surface area contributed by atoms with Crippen LogP contribution < -0.4 is 16.7 Å². The highest BCUT2D eigenvalue weighted by atomic mass is 19.4. The summed E-state index contributed by atoms with van der Waals surface area (Å²) in [5, 5.41) is 12.1. The third-order valence-corrected chi connectivity index (χ3v) is 5.40. The number of halogens is 3. The molecular weight excluding hydrogens is 473 g/mol. The maximum absolute atomic E-state index is 12.4. The molecule has 1 aliphatic rings. The van der Waals surface area contributed by atoms with Crippen LogP contribution in [0.3, 0.4) is 0 Å². The van der Waals surface area contributed by atoms with Crippen molar-refractivity contribution in [2.45, 2.75) is 44.4 Å². The second-order valence-corrected chi connectivity index (χ2v) is 8.26. The van der Waals surface area contributed by atoms with Gasteiger partial charge < -0.3 is 25.6 Å². The molecule has 4 atom stereocenters. The molecule has 1 unspecified atom stereocenters. The first-order chi connectivity index (χ1) is 16.5. The third kappa shape index (κ3) is 6.79. The maximum Gasteiger partial charge on any atom is 0.471 e. The van der Waals surface area contributed by atoms with Crippen molar-refractivity contribution >= 4 is 17.7 Å². The van der Waals surface area contributed by atoms with Crippen LogP contribution in [0.1, 0.15) is 35.5 Å². The molecule has 1 aromatic heterocycles. The molecule has 13 heteroatoms. The molecule has 0 aliphatic carbocycles. The van der Waals surface area contributed by atoms with E-state index in [0.29, 0.717) is 11.1 Å². The number of aliphatic hydroxyl groups excluding tert-OH is 1. The number of aromatic nitrogens is 2. The van der Waals surface area contributed by atoms with Crippen LogP contribution in [-0.4, -0.2) is 58.1 Å². The number of alkyl halides is 3. The minimum atomic E-state index is -4.99. The SMILES string of the molecule is CC(CNC(=O)C(F)(F)F)Cc1cn([C@H]2C[C@H](O)[C@@H](COC(=O)c3ccccc3)O2)c(=O)nc1N. The van der Waals surface area contributed by atoms with E-state index in [0.717, 1.165) is 4.57 Å². The van der Waals surface area contributed by atoms with Crippen LogP contribution in [0.25, 0.3) is 0 Å². The first kappa shape index (κ1) is 26.2. The summed E-state index contributed by atoms with van der Waals surface area (Å²) in [5.41, 5.74) is 5.76. The number of hydrogen-bond acceptors (Lipinski definition) is 8. The van der Waals surface area contributed by atoms with Crippen LogP contribution in [0.5, 0.6) is 0 Å². The largest absolute Gasteiger partial charge is 0.471 e. The number of rotatable bonds is 8. The van der Waals surface area contributed by atoms with Gasteiger partial charge in [-0.05, 0) is 24.5 Å². The number of benzene rings is 1. The Balaban J connectivity index is 1.63. The second-order valence-electron chi connectivity index (χ2n) is 8.26. The number of nitrogens with zero attached hydrogens (tertiary/aromatic N) is 2. The van der Waals surface area contributed by atoms with Gasteiger partial charge in [0.2, 0.25) is 0 Å². The van der Waals surface area contributed by atoms with Gasteiger partial charge in [0.15, 0.2) is 0 Å². The number of nitrogens with one attached hydrogen (secondary N) is 1. The van der Waals surface area contributed by atoms with E-state index in [1.54, 1.807) is 42.6 Å². The van der Waals surface area contributed by atoms with Gasteiger partial charge in [-0.1, -0.05) is 25.1 Å². The Morgan fingerprint density at radius 1 is 1.34 bits per heavy atom. The fraction of sp³-hybridized carbons (Fsp3) is 0.455. The van der Waals surface area contributed by atoms with Gasteiger partial charge in [-0.3, -0.25) is 9.36 Å². The topological polar surface area (TPSA) is 146 Å². The minimum Gasteiger partial charge on any atom is -0.459 e. The predicted molar refractivity (Wildman–Crippen MR) is 116 cm³/mol. The Morgan fingerprint density at radius 2 is 2.03 bits per heavy atom. The highest BCUT2D eigenvalue weighted by Crippen LogP contribution is 2.29. The van der Waals surface area contributed by atoms with E-state index in [9.17, 15) is 32.7 Å². The Labute approximate surface area is 197 Å². The monoisotopic (exact) mass is 498 g/mol. The van der Waals surface area contributed by atoms with Crippen LogP contribution in [0.2, 0.25) is 0 Å². The summed E-state index contributed by atoms with van der Waals surface area (Å²) >= 11 is 0. The molecule has 35 heavy (non-hydrogen) atoms. The molecule has 10 nitrogen and oxygen atoms in total. The number of aliphatic hydroxyl groups is 1. The lowest BCUT2D eigenvalue weighted by molar-refractivity contribution is -0.173. The lowest BCUT2D eigenvalue weighted by Crippen LogP contribution is -2.39. The van der Waals surface area contributed by atoms with Crippen molar-refractivity contribution in [1.29, 1.82) is 0 Å². The van der Waals surface area contributed by atoms with E-state index in [1.165, 1.54) is 6.20 Å². The zero-order chi connectivity index (χ0) is 25.8. The summed E-state index contributed by atoms with van der Waals surface area (Å²) in [7, 11) is 0. The van der Waals surface area contributed by atoms with E-state index in [1.807, 2.05) is 0 Å². The van der Waals surface area contributed by atoms with E-state index in [4.69, 9.17) is 15.2 Å². The summed E-state index contributed by atoms with van der Waals surface area (Å²) in [6.07, 6.45) is -6.35. The number of amides is 1. The molecule has 0 radical (unpaired) electrons. The van der Waals surface area contributed by atoms with Crippen molar-refractivity contribution in [1.82, 2.24) is 14.9 Å². The maximum atomic E-state index is 12.4. The number of carbonyl (C=O) groups is 2. The van der Waals surface area contributed by atoms with E-state index < -0.39 is 48.1 Å². The summed E-state index contributed by atoms with van der Waals surface area (Å²) in [5.74, 6) is -3.21. The van der Waals surface area contributed by atoms with Gasteiger partial charge >= 0.3 is 23.7 Å². The highest BCUT2D eigenvalue weighted by molar-refractivity contribution is 5.89. The Bertz CT molecular complexity index is 1110. The van der Waals surface area contributed by atoms with Gasteiger partial charge in [0.05, 0.1) is 11.7 Å². The van der Waals surface area contributed by atoms with Crippen molar-refractivity contribution in [3.8, 4) is 0 Å². The summed E-state index contributed by atoms with van der Waals surface area (Å²) in [4.78, 5) is 39.3. The summed E-state index contributed by atoms with van der Waals surface area (Å²) in [6, 6.07) is 8.26. The number of nitrogen functional groups attached to an aromatic ring is 1. The molecule has 190 valence electrons. The van der Waals surface area contributed by atoms with E-state index in [-0.39, 0.29) is 31.8 Å². The molecule has 4 N–H and O–H groups in total. The molecule has 0 bridgehead atoms. The number of esters is 1. The summed E-state index contributed by atoms with van der Waals surface area (Å²) in [6.45, 7) is 1.08. The number of anilines is 1. The summed E-state index contributed by atoms with van der Waals surface area (Å²) < 4.78 is 49.1. The number of hydrogen-bond donors (Lipinski definition) is 3. The molecule has 2 heterocycles. The van der Waals surface area contributed by atoms with Gasteiger partial charge in [0.1, 0.15) is 24.8 Å². The molecule has 0 spiro atoms. The Hall–Kier alpha value is -3.45. The van der Waals surface area contributed by atoms with E-state index in [2.05, 4.69) is 4.98 Å². The first-order valence-corrected chi connectivity index (χ1v) is 10.7. The van der Waals surface area contributed by atoms with Crippen molar-refractivity contribution in [3.63, 3.8) is 0 Å². The van der Waals surface area contributed by atoms with Crippen molar-refractivity contribution in [3.05, 3.63) is 58.1 Å². The molecule has 1 aromatic carbocycles.